The Morgan fingerprint density at radius 2 is 1.97 bits per heavy atom. The van der Waals surface area contributed by atoms with E-state index in [2.05, 4.69) is 14.8 Å². The average molecular weight is 516 g/mol. The first kappa shape index (κ1) is 24.5. The van der Waals surface area contributed by atoms with Crippen molar-refractivity contribution >= 4 is 40.2 Å². The zero-order valence-corrected chi connectivity index (χ0v) is 21.6. The molecule has 1 N–H and O–H groups in total. The molecule has 186 valence electrons. The van der Waals surface area contributed by atoms with E-state index in [1.807, 2.05) is 19.2 Å². The van der Waals surface area contributed by atoms with Gasteiger partial charge in [-0.25, -0.2) is 9.97 Å². The van der Waals surface area contributed by atoms with Crippen LogP contribution in [-0.2, 0) is 0 Å². The van der Waals surface area contributed by atoms with Gasteiger partial charge >= 0.3 is 0 Å². The first-order valence-electron chi connectivity index (χ1n) is 12.3. The Morgan fingerprint density at radius 1 is 1.17 bits per heavy atom. The molecule has 2 aliphatic rings. The summed E-state index contributed by atoms with van der Waals surface area (Å²) in [5, 5.41) is 10.4. The van der Waals surface area contributed by atoms with Crippen LogP contribution < -0.4 is 10.5 Å². The quantitative estimate of drug-likeness (QED) is 0.531. The summed E-state index contributed by atoms with van der Waals surface area (Å²) in [6.45, 7) is 8.74. The molecule has 1 aromatic carbocycles. The zero-order valence-electron chi connectivity index (χ0n) is 20.1. The van der Waals surface area contributed by atoms with Crippen molar-refractivity contribution in [1.82, 2.24) is 19.4 Å². The molecule has 0 radical (unpaired) electrons. The molecule has 0 unspecified atom stereocenters. The minimum atomic E-state index is -0.330. The minimum Gasteiger partial charge on any atom is -0.395 e. The van der Waals surface area contributed by atoms with E-state index in [0.29, 0.717) is 38.6 Å². The number of β-amino-alcohol motifs (C(OH)–C–C–N with tert-alkyl or cyclic N) is 1. The molecular weight excluding hydrogens is 485 g/mol. The molecule has 0 saturated carbocycles. The summed E-state index contributed by atoms with van der Waals surface area (Å²) in [7, 11) is 0. The van der Waals surface area contributed by atoms with Gasteiger partial charge in [-0.3, -0.25) is 9.36 Å². The highest BCUT2D eigenvalue weighted by molar-refractivity contribution is 6.35. The van der Waals surface area contributed by atoms with E-state index in [0.717, 1.165) is 44.1 Å². The van der Waals surface area contributed by atoms with Gasteiger partial charge in [0.25, 0.3) is 5.56 Å². The Morgan fingerprint density at radius 3 is 2.71 bits per heavy atom. The lowest BCUT2D eigenvalue weighted by Gasteiger charge is -2.47. The summed E-state index contributed by atoms with van der Waals surface area (Å²) < 4.78 is 1.70. The third-order valence-corrected chi connectivity index (χ3v) is 8.13. The lowest BCUT2D eigenvalue weighted by atomic mass is 9.80. The maximum atomic E-state index is 13.3. The van der Waals surface area contributed by atoms with Crippen LogP contribution in [0.4, 0.5) is 5.82 Å². The Kier molecular flexibility index (Phi) is 7.04. The van der Waals surface area contributed by atoms with Gasteiger partial charge in [-0.05, 0) is 68.8 Å². The van der Waals surface area contributed by atoms with E-state index in [1.165, 1.54) is 12.8 Å². The molecule has 0 amide bonds. The second-order valence-electron chi connectivity index (χ2n) is 9.87. The number of fused-ring (bicyclic) bond motifs is 1. The van der Waals surface area contributed by atoms with Gasteiger partial charge in [0.1, 0.15) is 11.3 Å². The Bertz CT molecular complexity index is 1290. The molecule has 2 aromatic heterocycles. The fourth-order valence-electron chi connectivity index (χ4n) is 5.52. The number of rotatable bonds is 6. The summed E-state index contributed by atoms with van der Waals surface area (Å²) >= 11 is 12.6. The molecule has 0 bridgehead atoms. The van der Waals surface area contributed by atoms with E-state index < -0.39 is 0 Å². The Balaban J connectivity index is 1.42. The third kappa shape index (κ3) is 4.79. The summed E-state index contributed by atoms with van der Waals surface area (Å²) in [5.74, 6) is 2.05. The lowest BCUT2D eigenvalue weighted by Crippen LogP contribution is -2.54. The standard InChI is InChI=1S/C26H31Cl2N5O2/c1-16-10-23-25(33(26(16)35)17(2)21-6-5-20(27)11-22(21)28)30-24(12-29-23)32-14-19(15-32)18-4-3-7-31(13-18)8-9-34/h5-6,10-12,17-19,34H,3-4,7-9,13-15H2,1-2H3/t17-,18+/m1/s1. The highest BCUT2D eigenvalue weighted by Gasteiger charge is 2.36. The average Bonchev–Trinajstić information content (AvgIpc) is 2.79. The molecule has 5 rings (SSSR count). The Hall–Kier alpha value is -2.19. The van der Waals surface area contributed by atoms with E-state index in [-0.39, 0.29) is 18.2 Å². The van der Waals surface area contributed by atoms with Gasteiger partial charge in [-0.1, -0.05) is 29.3 Å². The third-order valence-electron chi connectivity index (χ3n) is 7.56. The number of benzene rings is 1. The molecule has 0 spiro atoms. The molecule has 35 heavy (non-hydrogen) atoms. The van der Waals surface area contributed by atoms with Crippen LogP contribution in [0.15, 0.2) is 35.3 Å². The van der Waals surface area contributed by atoms with E-state index >= 15 is 0 Å². The molecule has 0 aliphatic carbocycles. The highest BCUT2D eigenvalue weighted by Crippen LogP contribution is 2.34. The number of hydrogen-bond donors (Lipinski definition) is 1. The molecule has 2 saturated heterocycles. The number of piperidine rings is 1. The summed E-state index contributed by atoms with van der Waals surface area (Å²) in [5.41, 5.74) is 2.57. The van der Waals surface area contributed by atoms with Gasteiger partial charge < -0.3 is 14.9 Å². The van der Waals surface area contributed by atoms with Gasteiger partial charge in [0.05, 0.1) is 18.8 Å². The van der Waals surface area contributed by atoms with Crippen molar-refractivity contribution in [3.05, 3.63) is 62.0 Å². The van der Waals surface area contributed by atoms with Crippen LogP contribution in [0.5, 0.6) is 0 Å². The van der Waals surface area contributed by atoms with Crippen LogP contribution in [0.1, 0.15) is 36.9 Å². The highest BCUT2D eigenvalue weighted by atomic mass is 35.5. The number of aliphatic hydroxyl groups is 1. The number of aliphatic hydroxyl groups excluding tert-OH is 1. The van der Waals surface area contributed by atoms with Crippen LogP contribution in [0, 0.1) is 18.8 Å². The van der Waals surface area contributed by atoms with Gasteiger partial charge in [-0.2, -0.15) is 0 Å². The van der Waals surface area contributed by atoms with Crippen LogP contribution in [-0.4, -0.2) is 63.9 Å². The van der Waals surface area contributed by atoms with Crippen molar-refractivity contribution < 1.29 is 5.11 Å². The van der Waals surface area contributed by atoms with E-state index in [9.17, 15) is 9.90 Å². The predicted molar refractivity (Wildman–Crippen MR) is 141 cm³/mol. The Labute approximate surface area is 215 Å². The van der Waals surface area contributed by atoms with Gasteiger partial charge in [0, 0.05) is 41.8 Å². The van der Waals surface area contributed by atoms with Crippen molar-refractivity contribution in [2.75, 3.05) is 44.2 Å². The summed E-state index contributed by atoms with van der Waals surface area (Å²) in [6.07, 6.45) is 4.24. The van der Waals surface area contributed by atoms with Crippen LogP contribution >= 0.6 is 23.2 Å². The van der Waals surface area contributed by atoms with Crippen LogP contribution in [0.3, 0.4) is 0 Å². The number of nitrogens with zero attached hydrogens (tertiary/aromatic N) is 5. The number of aryl methyl sites for hydroxylation is 1. The summed E-state index contributed by atoms with van der Waals surface area (Å²) in [4.78, 5) is 27.5. The minimum absolute atomic E-state index is 0.102. The van der Waals surface area contributed by atoms with Gasteiger partial charge in [0.15, 0.2) is 5.65 Å². The van der Waals surface area contributed by atoms with Crippen molar-refractivity contribution in [1.29, 1.82) is 0 Å². The monoisotopic (exact) mass is 515 g/mol. The molecule has 7 nitrogen and oxygen atoms in total. The van der Waals surface area contributed by atoms with Crippen LogP contribution in [0.25, 0.3) is 11.2 Å². The number of aromatic nitrogens is 3. The molecule has 4 heterocycles. The van der Waals surface area contributed by atoms with Crippen molar-refractivity contribution in [2.24, 2.45) is 11.8 Å². The first-order chi connectivity index (χ1) is 16.9. The molecule has 2 atom stereocenters. The second kappa shape index (κ2) is 10.1. The normalized spacial score (nSPS) is 20.3. The van der Waals surface area contributed by atoms with Crippen molar-refractivity contribution in [3.8, 4) is 0 Å². The zero-order chi connectivity index (χ0) is 24.7. The second-order valence-corrected chi connectivity index (χ2v) is 10.7. The number of anilines is 1. The van der Waals surface area contributed by atoms with Crippen molar-refractivity contribution in [3.63, 3.8) is 0 Å². The number of pyridine rings is 1. The molecule has 3 aromatic rings. The number of halogens is 2. The number of hydrogen-bond acceptors (Lipinski definition) is 6. The SMILES string of the molecule is Cc1cc2ncc(N3CC([C@H]4CCCN(CCO)C4)C3)nc2n([C@H](C)c2ccc(Cl)cc2Cl)c1=O. The molecule has 9 heteroatoms. The molecular formula is C26H31Cl2N5O2. The molecule has 2 aliphatic heterocycles. The number of likely N-dealkylation sites (tertiary alicyclic amines) is 1. The summed E-state index contributed by atoms with van der Waals surface area (Å²) in [6, 6.07) is 6.81. The van der Waals surface area contributed by atoms with Gasteiger partial charge in [0.2, 0.25) is 0 Å². The fraction of sp³-hybridized carbons (Fsp3) is 0.500. The maximum Gasteiger partial charge on any atom is 0.255 e. The largest absolute Gasteiger partial charge is 0.395 e. The van der Waals surface area contributed by atoms with E-state index in [1.54, 1.807) is 29.7 Å². The van der Waals surface area contributed by atoms with Gasteiger partial charge in [-0.15, -0.1) is 0 Å². The lowest BCUT2D eigenvalue weighted by molar-refractivity contribution is 0.101. The van der Waals surface area contributed by atoms with E-state index in [4.69, 9.17) is 28.2 Å². The van der Waals surface area contributed by atoms with Crippen LogP contribution in [0.2, 0.25) is 10.0 Å². The molecule has 2 fully saturated rings. The maximum absolute atomic E-state index is 13.3. The first-order valence-corrected chi connectivity index (χ1v) is 13.0. The van der Waals surface area contributed by atoms with Crippen molar-refractivity contribution in [2.45, 2.75) is 32.7 Å². The topological polar surface area (TPSA) is 74.5 Å². The fourth-order valence-corrected chi connectivity index (χ4v) is 6.09. The smallest absolute Gasteiger partial charge is 0.255 e. The predicted octanol–water partition coefficient (Wildman–Crippen LogP) is 4.16.